The zero-order valence-electron chi connectivity index (χ0n) is 10.3. The number of amides is 1. The third-order valence-electron chi connectivity index (χ3n) is 2.98. The summed E-state index contributed by atoms with van der Waals surface area (Å²) in [4.78, 5) is 11.9. The molecule has 0 unspecified atom stereocenters. The van der Waals surface area contributed by atoms with Gasteiger partial charge in [0.1, 0.15) is 17.1 Å². The van der Waals surface area contributed by atoms with Gasteiger partial charge in [-0.1, -0.05) is 13.8 Å². The lowest BCUT2D eigenvalue weighted by atomic mass is 9.94. The average Bonchev–Trinajstić information content (AvgIpc) is 2.38. The number of benzene rings is 1. The Morgan fingerprint density at radius 1 is 1.50 bits per heavy atom. The molecule has 5 heteroatoms. The van der Waals surface area contributed by atoms with Gasteiger partial charge in [-0.3, -0.25) is 4.79 Å². The molecular weight excluding hydrogens is 235 g/mol. The smallest absolute Gasteiger partial charge is 0.256 e. The quantitative estimate of drug-likeness (QED) is 0.861. The Morgan fingerprint density at radius 2 is 2.11 bits per heavy atom. The minimum Gasteiger partial charge on any atom is -0.507 e. The van der Waals surface area contributed by atoms with Gasteiger partial charge >= 0.3 is 0 Å². The van der Waals surface area contributed by atoms with Crippen molar-refractivity contribution < 1.29 is 14.3 Å². The van der Waals surface area contributed by atoms with Crippen LogP contribution < -0.4 is 5.32 Å². The first-order valence-electron chi connectivity index (χ1n) is 5.70. The minimum atomic E-state index is -0.990. The lowest BCUT2D eigenvalue weighted by Gasteiger charge is -2.25. The third-order valence-corrected chi connectivity index (χ3v) is 2.98. The number of hydrogen-bond donors (Lipinski definition) is 2. The molecule has 0 fully saturated rings. The van der Waals surface area contributed by atoms with Crippen molar-refractivity contribution in [2.75, 3.05) is 0 Å². The summed E-state index contributed by atoms with van der Waals surface area (Å²) in [5, 5.41) is 21.1. The van der Waals surface area contributed by atoms with Crippen LogP contribution in [-0.2, 0) is 0 Å². The molecule has 96 valence electrons. The highest BCUT2D eigenvalue weighted by Crippen LogP contribution is 2.20. The summed E-state index contributed by atoms with van der Waals surface area (Å²) in [5.74, 6) is -1.58. The van der Waals surface area contributed by atoms with Crippen molar-refractivity contribution in [3.8, 4) is 11.8 Å². The van der Waals surface area contributed by atoms with Crippen LogP contribution in [0.15, 0.2) is 18.2 Å². The summed E-state index contributed by atoms with van der Waals surface area (Å²) in [6.45, 7) is 3.55. The number of nitrogens with zero attached hydrogens (tertiary/aromatic N) is 1. The Hall–Kier alpha value is -2.09. The summed E-state index contributed by atoms with van der Waals surface area (Å²) in [6, 6.07) is 5.15. The molecule has 0 radical (unpaired) electrons. The van der Waals surface area contributed by atoms with Crippen molar-refractivity contribution in [2.24, 2.45) is 0 Å². The Labute approximate surface area is 105 Å². The van der Waals surface area contributed by atoms with Crippen molar-refractivity contribution in [2.45, 2.75) is 32.2 Å². The lowest BCUT2D eigenvalue weighted by Crippen LogP contribution is -2.46. The Balaban J connectivity index is 3.02. The van der Waals surface area contributed by atoms with Crippen LogP contribution in [0.1, 0.15) is 37.0 Å². The zero-order chi connectivity index (χ0) is 13.8. The summed E-state index contributed by atoms with van der Waals surface area (Å²) in [5.41, 5.74) is -1.16. The van der Waals surface area contributed by atoms with Crippen molar-refractivity contribution in [1.82, 2.24) is 5.32 Å². The van der Waals surface area contributed by atoms with Crippen LogP contribution >= 0.6 is 0 Å². The van der Waals surface area contributed by atoms with Crippen LogP contribution in [0.4, 0.5) is 4.39 Å². The van der Waals surface area contributed by atoms with Gasteiger partial charge < -0.3 is 10.4 Å². The fourth-order valence-electron chi connectivity index (χ4n) is 1.59. The number of carbonyl (C=O) groups is 1. The Bertz CT molecular complexity index is 490. The second-order valence-electron chi connectivity index (χ2n) is 4.02. The van der Waals surface area contributed by atoms with Gasteiger partial charge in [-0.2, -0.15) is 5.26 Å². The van der Waals surface area contributed by atoms with E-state index in [0.29, 0.717) is 12.8 Å². The van der Waals surface area contributed by atoms with E-state index in [4.69, 9.17) is 5.26 Å². The van der Waals surface area contributed by atoms with E-state index in [9.17, 15) is 14.3 Å². The lowest BCUT2D eigenvalue weighted by molar-refractivity contribution is 0.0912. The number of carbonyl (C=O) groups excluding carboxylic acids is 1. The minimum absolute atomic E-state index is 0.170. The van der Waals surface area contributed by atoms with Gasteiger partial charge in [0.05, 0.1) is 11.6 Å². The second-order valence-corrected chi connectivity index (χ2v) is 4.02. The van der Waals surface area contributed by atoms with Crippen LogP contribution in [0.25, 0.3) is 0 Å². The first-order chi connectivity index (χ1) is 8.48. The number of phenolic OH excluding ortho intramolecular Hbond substituents is 1. The molecule has 0 saturated heterocycles. The predicted molar refractivity (Wildman–Crippen MR) is 64.5 cm³/mol. The normalized spacial score (nSPS) is 10.8. The number of hydrogen-bond acceptors (Lipinski definition) is 3. The Kier molecular flexibility index (Phi) is 4.27. The maximum Gasteiger partial charge on any atom is 0.256 e. The van der Waals surface area contributed by atoms with E-state index in [1.54, 1.807) is 13.8 Å². The molecule has 0 bridgehead atoms. The van der Waals surface area contributed by atoms with Crippen molar-refractivity contribution >= 4 is 5.91 Å². The molecule has 0 aliphatic rings. The number of phenols is 1. The number of aromatic hydroxyl groups is 1. The molecule has 1 rings (SSSR count). The van der Waals surface area contributed by atoms with E-state index in [1.165, 1.54) is 0 Å². The maximum absolute atomic E-state index is 13.0. The summed E-state index contributed by atoms with van der Waals surface area (Å²) < 4.78 is 13.0. The fourth-order valence-corrected chi connectivity index (χ4v) is 1.59. The van der Waals surface area contributed by atoms with E-state index in [-0.39, 0.29) is 11.3 Å². The van der Waals surface area contributed by atoms with E-state index >= 15 is 0 Å². The standard InChI is InChI=1S/C13H15FN2O2/c1-3-13(4-2,8-15)16-12(18)10-7-9(14)5-6-11(10)17/h5-7,17H,3-4H2,1-2H3,(H,16,18). The van der Waals surface area contributed by atoms with Crippen LogP contribution in [0.3, 0.4) is 0 Å². The van der Waals surface area contributed by atoms with Gasteiger partial charge in [-0.15, -0.1) is 0 Å². The van der Waals surface area contributed by atoms with E-state index in [2.05, 4.69) is 5.32 Å². The van der Waals surface area contributed by atoms with Crippen molar-refractivity contribution in [1.29, 1.82) is 5.26 Å². The monoisotopic (exact) mass is 250 g/mol. The molecule has 0 atom stereocenters. The summed E-state index contributed by atoms with van der Waals surface area (Å²) in [7, 11) is 0. The molecule has 1 aromatic rings. The molecule has 0 aliphatic heterocycles. The highest BCUT2D eigenvalue weighted by Gasteiger charge is 2.29. The third kappa shape index (κ3) is 2.77. The molecule has 0 heterocycles. The van der Waals surface area contributed by atoms with E-state index in [1.807, 2.05) is 6.07 Å². The highest BCUT2D eigenvalue weighted by molar-refractivity contribution is 5.97. The van der Waals surface area contributed by atoms with Crippen LogP contribution in [0.5, 0.6) is 5.75 Å². The molecule has 2 N–H and O–H groups in total. The van der Waals surface area contributed by atoms with Crippen LogP contribution in [-0.4, -0.2) is 16.6 Å². The molecule has 0 spiro atoms. The van der Waals surface area contributed by atoms with Gasteiger partial charge in [0, 0.05) is 0 Å². The summed E-state index contributed by atoms with van der Waals surface area (Å²) in [6.07, 6.45) is 0.865. The number of nitrogens with one attached hydrogen (secondary N) is 1. The molecule has 18 heavy (non-hydrogen) atoms. The SMILES string of the molecule is CCC(C#N)(CC)NC(=O)c1cc(F)ccc1O. The van der Waals surface area contributed by atoms with Gasteiger partial charge in [0.2, 0.25) is 0 Å². The molecule has 4 nitrogen and oxygen atoms in total. The molecular formula is C13H15FN2O2. The van der Waals surface area contributed by atoms with Gasteiger partial charge in [0.25, 0.3) is 5.91 Å². The molecule has 1 amide bonds. The van der Waals surface area contributed by atoms with Crippen molar-refractivity contribution in [3.63, 3.8) is 0 Å². The number of nitriles is 1. The van der Waals surface area contributed by atoms with Crippen LogP contribution in [0, 0.1) is 17.1 Å². The molecule has 0 saturated carbocycles. The maximum atomic E-state index is 13.0. The molecule has 0 aromatic heterocycles. The van der Waals surface area contributed by atoms with Gasteiger partial charge in [-0.05, 0) is 31.0 Å². The van der Waals surface area contributed by atoms with Crippen LogP contribution in [0.2, 0.25) is 0 Å². The first-order valence-corrected chi connectivity index (χ1v) is 5.70. The Morgan fingerprint density at radius 3 is 2.61 bits per heavy atom. The largest absolute Gasteiger partial charge is 0.507 e. The fraction of sp³-hybridized carbons (Fsp3) is 0.385. The predicted octanol–water partition coefficient (Wildman–Crippen LogP) is 2.34. The van der Waals surface area contributed by atoms with Gasteiger partial charge in [-0.25, -0.2) is 4.39 Å². The van der Waals surface area contributed by atoms with Crippen molar-refractivity contribution in [3.05, 3.63) is 29.6 Å². The number of rotatable bonds is 4. The number of halogens is 1. The molecule has 1 aromatic carbocycles. The zero-order valence-corrected chi connectivity index (χ0v) is 10.3. The van der Waals surface area contributed by atoms with E-state index < -0.39 is 17.3 Å². The topological polar surface area (TPSA) is 73.1 Å². The highest BCUT2D eigenvalue weighted by atomic mass is 19.1. The van der Waals surface area contributed by atoms with E-state index in [0.717, 1.165) is 18.2 Å². The second kappa shape index (κ2) is 5.50. The molecule has 0 aliphatic carbocycles. The average molecular weight is 250 g/mol. The summed E-state index contributed by atoms with van der Waals surface area (Å²) >= 11 is 0. The van der Waals surface area contributed by atoms with Gasteiger partial charge in [0.15, 0.2) is 0 Å². The first kappa shape index (κ1) is 14.0.